The highest BCUT2D eigenvalue weighted by Crippen LogP contribution is 2.23. The van der Waals surface area contributed by atoms with Crippen molar-refractivity contribution in [1.29, 1.82) is 0 Å². The Labute approximate surface area is 124 Å². The van der Waals surface area contributed by atoms with Crippen molar-refractivity contribution in [3.8, 4) is 0 Å². The van der Waals surface area contributed by atoms with Crippen molar-refractivity contribution in [2.45, 2.75) is 39.2 Å². The van der Waals surface area contributed by atoms with E-state index in [1.807, 2.05) is 33.8 Å². The van der Waals surface area contributed by atoms with Crippen LogP contribution in [0.1, 0.15) is 55.5 Å². The summed E-state index contributed by atoms with van der Waals surface area (Å²) >= 11 is 0. The molecule has 0 aliphatic carbocycles. The molecule has 1 unspecified atom stereocenters. The number of nitrogens with zero attached hydrogens (tertiary/aromatic N) is 1. The van der Waals surface area contributed by atoms with Crippen LogP contribution in [-0.4, -0.2) is 10.9 Å². The monoisotopic (exact) mass is 287 g/mol. The van der Waals surface area contributed by atoms with E-state index in [2.05, 4.69) is 10.3 Å². The van der Waals surface area contributed by atoms with E-state index in [0.29, 0.717) is 17.1 Å². The lowest BCUT2D eigenvalue weighted by Crippen LogP contribution is -2.27. The zero-order valence-corrected chi connectivity index (χ0v) is 12.8. The number of amides is 1. The number of nitrogens with one attached hydrogen (secondary N) is 1. The highest BCUT2D eigenvalue weighted by Gasteiger charge is 2.20. The Morgan fingerprint density at radius 3 is 2.67 bits per heavy atom. The molecule has 21 heavy (non-hydrogen) atoms. The second kappa shape index (κ2) is 5.60. The van der Waals surface area contributed by atoms with E-state index in [0.717, 1.165) is 5.69 Å². The van der Waals surface area contributed by atoms with Crippen molar-refractivity contribution in [2.75, 3.05) is 5.73 Å². The Balaban J connectivity index is 2.21. The van der Waals surface area contributed by atoms with Crippen LogP contribution in [0, 0.1) is 0 Å². The number of nitrogen functional groups attached to an aromatic ring is 1. The highest BCUT2D eigenvalue weighted by atomic mass is 16.3. The largest absolute Gasteiger partial charge is 0.467 e. The Morgan fingerprint density at radius 1 is 1.38 bits per heavy atom. The first-order chi connectivity index (χ1) is 9.77. The van der Waals surface area contributed by atoms with E-state index in [4.69, 9.17) is 10.2 Å². The molecule has 2 rings (SSSR count). The third kappa shape index (κ3) is 3.62. The maximum Gasteiger partial charge on any atom is 0.252 e. The van der Waals surface area contributed by atoms with E-state index in [1.54, 1.807) is 24.5 Å². The van der Waals surface area contributed by atoms with Gasteiger partial charge in [-0.15, -0.1) is 0 Å². The minimum absolute atomic E-state index is 0.170. The van der Waals surface area contributed by atoms with E-state index in [9.17, 15) is 4.79 Å². The zero-order chi connectivity index (χ0) is 15.6. The molecule has 0 spiro atoms. The van der Waals surface area contributed by atoms with Crippen LogP contribution in [0.3, 0.4) is 0 Å². The fraction of sp³-hybridized carbons (Fsp3) is 0.375. The van der Waals surface area contributed by atoms with Gasteiger partial charge < -0.3 is 15.5 Å². The number of nitrogens with two attached hydrogens (primary N) is 1. The van der Waals surface area contributed by atoms with Crippen molar-refractivity contribution >= 4 is 11.7 Å². The molecule has 2 aromatic heterocycles. The van der Waals surface area contributed by atoms with Gasteiger partial charge in [-0.3, -0.25) is 4.79 Å². The van der Waals surface area contributed by atoms with Crippen LogP contribution in [0.15, 0.2) is 34.9 Å². The van der Waals surface area contributed by atoms with Gasteiger partial charge in [-0.2, -0.15) is 0 Å². The number of carbonyl (C=O) groups excluding carboxylic acids is 1. The summed E-state index contributed by atoms with van der Waals surface area (Å²) in [5, 5.41) is 2.89. The first kappa shape index (κ1) is 15.1. The number of furan rings is 1. The number of carbonyl (C=O) groups is 1. The summed E-state index contributed by atoms with van der Waals surface area (Å²) in [5.41, 5.74) is 6.94. The van der Waals surface area contributed by atoms with Gasteiger partial charge in [0, 0.05) is 16.7 Å². The fourth-order valence-corrected chi connectivity index (χ4v) is 1.96. The summed E-state index contributed by atoms with van der Waals surface area (Å²) < 4.78 is 5.28. The molecule has 2 heterocycles. The summed E-state index contributed by atoms with van der Waals surface area (Å²) in [7, 11) is 0. The maximum absolute atomic E-state index is 12.3. The molecule has 0 fully saturated rings. The van der Waals surface area contributed by atoms with Crippen LogP contribution < -0.4 is 11.1 Å². The predicted octanol–water partition coefficient (Wildman–Crippen LogP) is 3.05. The molecular formula is C16H21N3O2. The highest BCUT2D eigenvalue weighted by molar-refractivity contribution is 5.95. The van der Waals surface area contributed by atoms with Gasteiger partial charge in [0.1, 0.15) is 11.6 Å². The number of rotatable bonds is 3. The van der Waals surface area contributed by atoms with Gasteiger partial charge in [0.05, 0.1) is 12.3 Å². The van der Waals surface area contributed by atoms with E-state index in [1.165, 1.54) is 0 Å². The first-order valence-electron chi connectivity index (χ1n) is 6.89. The molecule has 3 N–H and O–H groups in total. The third-order valence-corrected chi connectivity index (χ3v) is 3.19. The summed E-state index contributed by atoms with van der Waals surface area (Å²) in [6, 6.07) is 6.77. The molecule has 0 radical (unpaired) electrons. The molecule has 5 nitrogen and oxygen atoms in total. The van der Waals surface area contributed by atoms with Gasteiger partial charge in [0.15, 0.2) is 0 Å². The lowest BCUT2D eigenvalue weighted by Gasteiger charge is -2.19. The van der Waals surface area contributed by atoms with Crippen molar-refractivity contribution in [2.24, 2.45) is 0 Å². The van der Waals surface area contributed by atoms with Crippen LogP contribution in [0.5, 0.6) is 0 Å². The molecule has 0 aliphatic heterocycles. The second-order valence-electron chi connectivity index (χ2n) is 6.13. The van der Waals surface area contributed by atoms with Crippen LogP contribution in [-0.2, 0) is 5.41 Å². The molecule has 1 atom stereocenters. The Hall–Kier alpha value is -2.30. The van der Waals surface area contributed by atoms with E-state index >= 15 is 0 Å². The normalized spacial score (nSPS) is 13.0. The number of hydrogen-bond acceptors (Lipinski definition) is 4. The molecule has 0 aromatic carbocycles. The van der Waals surface area contributed by atoms with Crippen molar-refractivity contribution in [1.82, 2.24) is 10.3 Å². The van der Waals surface area contributed by atoms with Gasteiger partial charge in [-0.05, 0) is 31.2 Å². The summed E-state index contributed by atoms with van der Waals surface area (Å²) in [6.45, 7) is 7.96. The van der Waals surface area contributed by atoms with Crippen LogP contribution >= 0.6 is 0 Å². The van der Waals surface area contributed by atoms with Crippen LogP contribution in [0.25, 0.3) is 0 Å². The topological polar surface area (TPSA) is 81.2 Å². The van der Waals surface area contributed by atoms with Crippen LogP contribution in [0.4, 0.5) is 5.82 Å². The molecule has 0 saturated carbocycles. The number of hydrogen-bond donors (Lipinski definition) is 2. The molecule has 0 bridgehead atoms. The van der Waals surface area contributed by atoms with Crippen molar-refractivity contribution < 1.29 is 9.21 Å². The quantitative estimate of drug-likeness (QED) is 0.909. The van der Waals surface area contributed by atoms with Crippen LogP contribution in [0.2, 0.25) is 0 Å². The molecular weight excluding hydrogens is 266 g/mol. The number of pyridine rings is 1. The summed E-state index contributed by atoms with van der Waals surface area (Å²) in [6.07, 6.45) is 1.58. The second-order valence-corrected chi connectivity index (χ2v) is 6.13. The van der Waals surface area contributed by atoms with Crippen molar-refractivity contribution in [3.63, 3.8) is 0 Å². The van der Waals surface area contributed by atoms with Gasteiger partial charge >= 0.3 is 0 Å². The molecule has 0 aliphatic rings. The minimum atomic E-state index is -0.208. The predicted molar refractivity (Wildman–Crippen MR) is 81.9 cm³/mol. The zero-order valence-electron chi connectivity index (χ0n) is 12.8. The smallest absolute Gasteiger partial charge is 0.252 e. The standard InChI is InChI=1S/C16H21N3O2/c1-10(12-6-5-7-21-12)18-15(20)11-8-13(16(2,3)4)19-14(17)9-11/h5-10H,1-4H3,(H2,17,19)(H,18,20). The van der Waals surface area contributed by atoms with E-state index in [-0.39, 0.29) is 17.4 Å². The SMILES string of the molecule is CC(NC(=O)c1cc(N)nc(C(C)(C)C)c1)c1ccco1. The van der Waals surface area contributed by atoms with Gasteiger partial charge in [-0.25, -0.2) is 4.98 Å². The molecule has 5 heteroatoms. The molecule has 0 saturated heterocycles. The maximum atomic E-state index is 12.3. The Kier molecular flexibility index (Phi) is 4.02. The van der Waals surface area contributed by atoms with Crippen molar-refractivity contribution in [3.05, 3.63) is 47.5 Å². The minimum Gasteiger partial charge on any atom is -0.467 e. The fourth-order valence-electron chi connectivity index (χ4n) is 1.96. The number of aromatic nitrogens is 1. The van der Waals surface area contributed by atoms with Gasteiger partial charge in [-0.1, -0.05) is 20.8 Å². The van der Waals surface area contributed by atoms with Gasteiger partial charge in [0.25, 0.3) is 5.91 Å². The lowest BCUT2D eigenvalue weighted by atomic mass is 9.90. The Morgan fingerprint density at radius 2 is 2.10 bits per heavy atom. The average Bonchev–Trinajstić information content (AvgIpc) is 2.90. The number of anilines is 1. The summed E-state index contributed by atoms with van der Waals surface area (Å²) in [4.78, 5) is 16.6. The molecule has 1 amide bonds. The summed E-state index contributed by atoms with van der Waals surface area (Å²) in [5.74, 6) is 0.859. The lowest BCUT2D eigenvalue weighted by molar-refractivity contribution is 0.0935. The van der Waals surface area contributed by atoms with E-state index < -0.39 is 0 Å². The third-order valence-electron chi connectivity index (χ3n) is 3.19. The Bertz CT molecular complexity index is 627. The van der Waals surface area contributed by atoms with Gasteiger partial charge in [0.2, 0.25) is 0 Å². The molecule has 2 aromatic rings. The first-order valence-corrected chi connectivity index (χ1v) is 6.89. The average molecular weight is 287 g/mol. The molecule has 112 valence electrons.